The Morgan fingerprint density at radius 1 is 1.10 bits per heavy atom. The molecule has 1 fully saturated rings. The summed E-state index contributed by atoms with van der Waals surface area (Å²) >= 11 is 0. The molecule has 2 aromatic carbocycles. The van der Waals surface area contributed by atoms with Crippen molar-refractivity contribution in [2.45, 2.75) is 38.1 Å². The molecule has 1 aliphatic carbocycles. The maximum Gasteiger partial charge on any atom is 0.340 e. The van der Waals surface area contributed by atoms with E-state index in [1.165, 1.54) is 7.11 Å². The van der Waals surface area contributed by atoms with Gasteiger partial charge in [0.1, 0.15) is 0 Å². The molecule has 1 N–H and O–H groups in total. The number of anilines is 1. The van der Waals surface area contributed by atoms with Crippen molar-refractivity contribution in [3.63, 3.8) is 0 Å². The Morgan fingerprint density at radius 2 is 1.79 bits per heavy atom. The van der Waals surface area contributed by atoms with E-state index in [4.69, 9.17) is 4.74 Å². The van der Waals surface area contributed by atoms with Crippen LogP contribution in [-0.2, 0) is 10.3 Å². The summed E-state index contributed by atoms with van der Waals surface area (Å²) in [6, 6.07) is 17.4. The van der Waals surface area contributed by atoms with Gasteiger partial charge in [0.15, 0.2) is 5.82 Å². The smallest absolute Gasteiger partial charge is 0.340 e. The van der Waals surface area contributed by atoms with Crippen LogP contribution < -0.4 is 5.32 Å². The summed E-state index contributed by atoms with van der Waals surface area (Å²) in [5.74, 6) is 0.960. The highest BCUT2D eigenvalue weighted by molar-refractivity contribution is 5.93. The van der Waals surface area contributed by atoms with Crippen LogP contribution >= 0.6 is 0 Å². The molecule has 150 valence electrons. The van der Waals surface area contributed by atoms with E-state index in [-0.39, 0.29) is 0 Å². The Bertz CT molecular complexity index is 978. The summed E-state index contributed by atoms with van der Waals surface area (Å²) in [6.07, 6.45) is 3.96. The molecule has 1 saturated carbocycles. The number of ether oxygens (including phenoxy) is 1. The molecular formula is C22H25N5O2. The summed E-state index contributed by atoms with van der Waals surface area (Å²) in [5.41, 5.74) is 1.66. The Hall–Kier alpha value is -3.22. The van der Waals surface area contributed by atoms with Gasteiger partial charge < -0.3 is 10.1 Å². The van der Waals surface area contributed by atoms with Crippen molar-refractivity contribution in [2.24, 2.45) is 5.92 Å². The number of esters is 1. The minimum Gasteiger partial charge on any atom is -0.465 e. The molecule has 29 heavy (non-hydrogen) atoms. The van der Waals surface area contributed by atoms with Gasteiger partial charge in [-0.05, 0) is 66.3 Å². The molecule has 0 spiro atoms. The number of carbonyl (C=O) groups is 1. The molecule has 4 rings (SSSR count). The van der Waals surface area contributed by atoms with Crippen molar-refractivity contribution < 1.29 is 9.53 Å². The monoisotopic (exact) mass is 391 g/mol. The minimum absolute atomic E-state index is 0.413. The van der Waals surface area contributed by atoms with Crippen LogP contribution in [0.15, 0.2) is 54.6 Å². The number of aromatic nitrogens is 4. The van der Waals surface area contributed by atoms with E-state index < -0.39 is 11.5 Å². The highest BCUT2D eigenvalue weighted by atomic mass is 16.5. The van der Waals surface area contributed by atoms with Gasteiger partial charge in [0.25, 0.3) is 0 Å². The molecule has 1 aromatic heterocycles. The fraction of sp³-hybridized carbons (Fsp3) is 0.364. The van der Waals surface area contributed by atoms with E-state index >= 15 is 0 Å². The fourth-order valence-electron chi connectivity index (χ4n) is 4.05. The lowest BCUT2D eigenvalue weighted by Gasteiger charge is -2.39. The molecule has 1 aliphatic rings. The number of carbonyl (C=O) groups excluding carboxylic acids is 1. The van der Waals surface area contributed by atoms with E-state index in [2.05, 4.69) is 39.9 Å². The van der Waals surface area contributed by atoms with Crippen molar-refractivity contribution in [3.05, 3.63) is 66.0 Å². The highest BCUT2D eigenvalue weighted by Crippen LogP contribution is 2.41. The first-order chi connectivity index (χ1) is 14.1. The van der Waals surface area contributed by atoms with Crippen LogP contribution in [0.5, 0.6) is 0 Å². The van der Waals surface area contributed by atoms with Gasteiger partial charge in [-0.25, -0.2) is 4.79 Å². The first-order valence-corrected chi connectivity index (χ1v) is 9.93. The summed E-state index contributed by atoms with van der Waals surface area (Å²) in [5, 5.41) is 16.4. The topological polar surface area (TPSA) is 81.9 Å². The number of methoxy groups -OCH3 is 1. The molecular weight excluding hydrogens is 366 g/mol. The Balaban J connectivity index is 1.81. The molecule has 1 heterocycles. The van der Waals surface area contributed by atoms with Gasteiger partial charge in [-0.2, -0.15) is 4.68 Å². The molecule has 0 atom stereocenters. The van der Waals surface area contributed by atoms with Gasteiger partial charge in [0.2, 0.25) is 0 Å². The number of tetrazole rings is 1. The predicted molar refractivity (Wildman–Crippen MR) is 110 cm³/mol. The maximum absolute atomic E-state index is 12.3. The number of benzene rings is 2. The Morgan fingerprint density at radius 3 is 2.52 bits per heavy atom. The Kier molecular flexibility index (Phi) is 5.29. The van der Waals surface area contributed by atoms with Gasteiger partial charge in [-0.15, -0.1) is 5.10 Å². The summed E-state index contributed by atoms with van der Waals surface area (Å²) in [6.45, 7) is 2.28. The van der Waals surface area contributed by atoms with E-state index in [9.17, 15) is 4.79 Å². The third-order valence-electron chi connectivity index (χ3n) is 5.72. The lowest BCUT2D eigenvalue weighted by atomic mass is 9.76. The third kappa shape index (κ3) is 3.72. The van der Waals surface area contributed by atoms with Crippen LogP contribution in [0.2, 0.25) is 0 Å². The van der Waals surface area contributed by atoms with Crippen molar-refractivity contribution in [1.29, 1.82) is 0 Å². The first-order valence-electron chi connectivity index (χ1n) is 9.93. The zero-order chi connectivity index (χ0) is 20.3. The van der Waals surface area contributed by atoms with Crippen LogP contribution in [0, 0.1) is 5.92 Å². The average molecular weight is 391 g/mol. The molecule has 0 radical (unpaired) electrons. The number of rotatable bonds is 5. The third-order valence-corrected chi connectivity index (χ3v) is 5.72. The molecule has 0 unspecified atom stereocenters. The number of para-hydroxylation sites is 2. The number of hydrogen-bond donors (Lipinski definition) is 1. The van der Waals surface area contributed by atoms with Gasteiger partial charge >= 0.3 is 5.97 Å². The molecule has 0 amide bonds. The zero-order valence-corrected chi connectivity index (χ0v) is 16.7. The molecule has 0 aliphatic heterocycles. The SMILES string of the molecule is COC(=O)c1ccccc1-n1nnnc1C1(Nc2ccccc2)CCC(C)CC1. The van der Waals surface area contributed by atoms with Gasteiger partial charge in [-0.3, -0.25) is 0 Å². The second kappa shape index (κ2) is 8.03. The van der Waals surface area contributed by atoms with Gasteiger partial charge in [0, 0.05) is 5.69 Å². The number of nitrogens with one attached hydrogen (secondary N) is 1. The van der Waals surface area contributed by atoms with Crippen LogP contribution in [0.1, 0.15) is 48.8 Å². The molecule has 7 nitrogen and oxygen atoms in total. The highest BCUT2D eigenvalue weighted by Gasteiger charge is 2.41. The molecule has 0 saturated heterocycles. The minimum atomic E-state index is -0.416. The summed E-state index contributed by atoms with van der Waals surface area (Å²) in [4.78, 5) is 12.3. The van der Waals surface area contributed by atoms with Crippen molar-refractivity contribution >= 4 is 11.7 Å². The lowest BCUT2D eigenvalue weighted by molar-refractivity contribution is 0.0600. The molecule has 3 aromatic rings. The Labute approximate surface area is 170 Å². The number of hydrogen-bond acceptors (Lipinski definition) is 6. The van der Waals surface area contributed by atoms with E-state index in [1.807, 2.05) is 30.3 Å². The van der Waals surface area contributed by atoms with Gasteiger partial charge in [0.05, 0.1) is 23.9 Å². The van der Waals surface area contributed by atoms with Crippen LogP contribution in [0.4, 0.5) is 5.69 Å². The normalized spacial score (nSPS) is 21.5. The molecule has 0 bridgehead atoms. The van der Waals surface area contributed by atoms with Crippen LogP contribution in [0.25, 0.3) is 5.69 Å². The van der Waals surface area contributed by atoms with E-state index in [1.54, 1.807) is 16.8 Å². The van der Waals surface area contributed by atoms with Crippen LogP contribution in [-0.4, -0.2) is 33.3 Å². The second-order valence-corrected chi connectivity index (χ2v) is 7.68. The first kappa shape index (κ1) is 19.1. The fourth-order valence-corrected chi connectivity index (χ4v) is 4.05. The summed E-state index contributed by atoms with van der Waals surface area (Å²) in [7, 11) is 1.38. The second-order valence-electron chi connectivity index (χ2n) is 7.68. The summed E-state index contributed by atoms with van der Waals surface area (Å²) < 4.78 is 6.64. The zero-order valence-electron chi connectivity index (χ0n) is 16.7. The van der Waals surface area contributed by atoms with E-state index in [0.717, 1.165) is 31.4 Å². The largest absolute Gasteiger partial charge is 0.465 e. The average Bonchev–Trinajstić information content (AvgIpc) is 3.26. The van der Waals surface area contributed by atoms with E-state index in [0.29, 0.717) is 23.0 Å². The predicted octanol–water partition coefficient (Wildman–Crippen LogP) is 3.97. The maximum atomic E-state index is 12.3. The van der Waals surface area contributed by atoms with Crippen LogP contribution in [0.3, 0.4) is 0 Å². The van der Waals surface area contributed by atoms with Crippen molar-refractivity contribution in [3.8, 4) is 5.69 Å². The van der Waals surface area contributed by atoms with Gasteiger partial charge in [-0.1, -0.05) is 37.3 Å². The van der Waals surface area contributed by atoms with Crippen molar-refractivity contribution in [1.82, 2.24) is 20.2 Å². The molecule has 7 heteroatoms. The standard InChI is InChI=1S/C22H25N5O2/c1-16-12-14-22(15-13-16,23-17-8-4-3-5-9-17)21-24-25-26-27(21)19-11-7-6-10-18(19)20(28)29-2/h3-11,16,23H,12-15H2,1-2H3. The number of nitrogens with zero attached hydrogens (tertiary/aromatic N) is 4. The lowest BCUT2D eigenvalue weighted by Crippen LogP contribution is -2.41. The van der Waals surface area contributed by atoms with Crippen molar-refractivity contribution in [2.75, 3.05) is 12.4 Å². The quantitative estimate of drug-likeness (QED) is 0.663.